The molecule has 106 valence electrons. The Balaban J connectivity index is 2.05. The van der Waals surface area contributed by atoms with Crippen molar-refractivity contribution in [2.24, 2.45) is 17.6 Å². The molecular weight excluding hydrogens is 224 g/mol. The van der Waals surface area contributed by atoms with Crippen LogP contribution in [0.5, 0.6) is 0 Å². The lowest BCUT2D eigenvalue weighted by molar-refractivity contribution is -0.0829. The highest BCUT2D eigenvalue weighted by Crippen LogP contribution is 2.36. The number of nitrogens with two attached hydrogens (primary N) is 1. The second-order valence-electron chi connectivity index (χ2n) is 6.54. The van der Waals surface area contributed by atoms with Gasteiger partial charge in [-0.15, -0.1) is 0 Å². The number of rotatable bonds is 4. The van der Waals surface area contributed by atoms with Gasteiger partial charge in [-0.3, -0.25) is 4.90 Å². The third kappa shape index (κ3) is 2.73. The van der Waals surface area contributed by atoms with E-state index in [1.54, 1.807) is 0 Å². The molecule has 3 nitrogen and oxygen atoms in total. The van der Waals surface area contributed by atoms with Gasteiger partial charge in [0.15, 0.2) is 0 Å². The first-order chi connectivity index (χ1) is 8.61. The second kappa shape index (κ2) is 5.89. The summed E-state index contributed by atoms with van der Waals surface area (Å²) in [5.41, 5.74) is 6.39. The van der Waals surface area contributed by atoms with Crippen LogP contribution in [-0.4, -0.2) is 42.8 Å². The fourth-order valence-electron chi connectivity index (χ4n) is 3.56. The fraction of sp³-hybridized carbons (Fsp3) is 1.00. The molecule has 0 spiro atoms. The summed E-state index contributed by atoms with van der Waals surface area (Å²) in [6.07, 6.45) is 5.29. The van der Waals surface area contributed by atoms with Gasteiger partial charge in [-0.25, -0.2) is 0 Å². The van der Waals surface area contributed by atoms with Crippen LogP contribution in [0, 0.1) is 11.8 Å². The Morgan fingerprint density at radius 3 is 2.78 bits per heavy atom. The van der Waals surface area contributed by atoms with E-state index < -0.39 is 0 Å². The molecule has 0 aromatic carbocycles. The average Bonchev–Trinajstić information content (AvgIpc) is 2.88. The highest BCUT2D eigenvalue weighted by Gasteiger charge is 2.43. The fourth-order valence-corrected chi connectivity index (χ4v) is 3.56. The summed E-state index contributed by atoms with van der Waals surface area (Å²) in [5, 5.41) is 0. The quantitative estimate of drug-likeness (QED) is 0.836. The summed E-state index contributed by atoms with van der Waals surface area (Å²) in [6.45, 7) is 11.0. The molecule has 0 radical (unpaired) electrons. The molecule has 0 amide bonds. The number of hydrogen-bond donors (Lipinski definition) is 1. The number of nitrogens with zero attached hydrogens (tertiary/aromatic N) is 1. The SMILES string of the molecule is CCC1CCN(C2(CN)CCOC(C(C)C)C2)C1. The van der Waals surface area contributed by atoms with Gasteiger partial charge in [0, 0.05) is 25.2 Å². The van der Waals surface area contributed by atoms with Crippen molar-refractivity contribution in [2.75, 3.05) is 26.2 Å². The van der Waals surface area contributed by atoms with Gasteiger partial charge in [0.1, 0.15) is 0 Å². The van der Waals surface area contributed by atoms with Crippen molar-refractivity contribution in [1.29, 1.82) is 0 Å². The Morgan fingerprint density at radius 1 is 1.44 bits per heavy atom. The van der Waals surface area contributed by atoms with Gasteiger partial charge in [0.05, 0.1) is 6.10 Å². The lowest BCUT2D eigenvalue weighted by Crippen LogP contribution is -2.58. The van der Waals surface area contributed by atoms with Crippen LogP contribution in [-0.2, 0) is 4.74 Å². The smallest absolute Gasteiger partial charge is 0.0616 e. The molecule has 0 aromatic heterocycles. The number of hydrogen-bond acceptors (Lipinski definition) is 3. The molecule has 2 aliphatic heterocycles. The first-order valence-electron chi connectivity index (χ1n) is 7.68. The van der Waals surface area contributed by atoms with Gasteiger partial charge in [-0.2, -0.15) is 0 Å². The maximum absolute atomic E-state index is 6.17. The minimum absolute atomic E-state index is 0.219. The van der Waals surface area contributed by atoms with Gasteiger partial charge >= 0.3 is 0 Å². The Bertz CT molecular complexity index is 269. The summed E-state index contributed by atoms with van der Waals surface area (Å²) in [7, 11) is 0. The van der Waals surface area contributed by atoms with Crippen LogP contribution in [0.3, 0.4) is 0 Å². The van der Waals surface area contributed by atoms with Crippen molar-refractivity contribution < 1.29 is 4.74 Å². The van der Waals surface area contributed by atoms with Crippen LogP contribution in [0.1, 0.15) is 46.5 Å². The standard InChI is InChI=1S/C15H30N2O/c1-4-13-5-7-17(10-13)15(11-16)6-8-18-14(9-15)12(2)3/h12-14H,4-11,16H2,1-3H3. The van der Waals surface area contributed by atoms with Crippen molar-refractivity contribution in [3.05, 3.63) is 0 Å². The molecule has 3 unspecified atom stereocenters. The van der Waals surface area contributed by atoms with E-state index in [2.05, 4.69) is 25.7 Å². The zero-order chi connectivity index (χ0) is 13.2. The molecule has 2 aliphatic rings. The first-order valence-corrected chi connectivity index (χ1v) is 7.68. The maximum atomic E-state index is 6.17. The summed E-state index contributed by atoms with van der Waals surface area (Å²) in [5.74, 6) is 1.48. The maximum Gasteiger partial charge on any atom is 0.0616 e. The van der Waals surface area contributed by atoms with E-state index in [1.165, 1.54) is 25.9 Å². The normalized spacial score (nSPS) is 38.5. The lowest BCUT2D eigenvalue weighted by atomic mass is 9.82. The predicted molar refractivity (Wildman–Crippen MR) is 75.6 cm³/mol. The Labute approximate surface area is 112 Å². The molecule has 0 bridgehead atoms. The average molecular weight is 254 g/mol. The zero-order valence-corrected chi connectivity index (χ0v) is 12.3. The van der Waals surface area contributed by atoms with Crippen LogP contribution in [0.4, 0.5) is 0 Å². The van der Waals surface area contributed by atoms with Gasteiger partial charge in [0.2, 0.25) is 0 Å². The largest absolute Gasteiger partial charge is 0.378 e. The van der Waals surface area contributed by atoms with E-state index in [0.29, 0.717) is 12.0 Å². The van der Waals surface area contributed by atoms with E-state index in [0.717, 1.165) is 31.9 Å². The second-order valence-corrected chi connectivity index (χ2v) is 6.54. The minimum Gasteiger partial charge on any atom is -0.378 e. The Kier molecular flexibility index (Phi) is 4.68. The molecule has 0 saturated carbocycles. The Hall–Kier alpha value is -0.120. The molecule has 0 aromatic rings. The molecule has 2 rings (SSSR count). The number of ether oxygens (including phenoxy) is 1. The molecule has 3 heteroatoms. The van der Waals surface area contributed by atoms with Gasteiger partial charge in [-0.1, -0.05) is 27.2 Å². The molecule has 3 atom stereocenters. The van der Waals surface area contributed by atoms with Crippen molar-refractivity contribution in [1.82, 2.24) is 4.90 Å². The predicted octanol–water partition coefficient (Wildman–Crippen LogP) is 2.25. The summed E-state index contributed by atoms with van der Waals surface area (Å²) in [6, 6.07) is 0. The van der Waals surface area contributed by atoms with Crippen LogP contribution in [0.25, 0.3) is 0 Å². The monoisotopic (exact) mass is 254 g/mol. The molecule has 2 heterocycles. The summed E-state index contributed by atoms with van der Waals surface area (Å²) >= 11 is 0. The van der Waals surface area contributed by atoms with E-state index >= 15 is 0 Å². The third-order valence-electron chi connectivity index (χ3n) is 5.14. The summed E-state index contributed by atoms with van der Waals surface area (Å²) in [4.78, 5) is 2.68. The molecule has 2 fully saturated rings. The van der Waals surface area contributed by atoms with Crippen molar-refractivity contribution >= 4 is 0 Å². The van der Waals surface area contributed by atoms with E-state index in [4.69, 9.17) is 10.5 Å². The molecule has 2 N–H and O–H groups in total. The first kappa shape index (κ1) is 14.3. The van der Waals surface area contributed by atoms with Gasteiger partial charge in [-0.05, 0) is 37.6 Å². The lowest BCUT2D eigenvalue weighted by Gasteiger charge is -2.47. The van der Waals surface area contributed by atoms with Crippen LogP contribution >= 0.6 is 0 Å². The van der Waals surface area contributed by atoms with Crippen molar-refractivity contribution in [3.63, 3.8) is 0 Å². The van der Waals surface area contributed by atoms with Gasteiger partial charge < -0.3 is 10.5 Å². The highest BCUT2D eigenvalue weighted by atomic mass is 16.5. The van der Waals surface area contributed by atoms with Crippen molar-refractivity contribution in [2.45, 2.75) is 58.1 Å². The third-order valence-corrected chi connectivity index (χ3v) is 5.14. The van der Waals surface area contributed by atoms with Crippen LogP contribution < -0.4 is 5.73 Å². The summed E-state index contributed by atoms with van der Waals surface area (Å²) < 4.78 is 5.93. The number of likely N-dealkylation sites (tertiary alicyclic amines) is 1. The van der Waals surface area contributed by atoms with E-state index in [1.807, 2.05) is 0 Å². The Morgan fingerprint density at radius 2 is 2.22 bits per heavy atom. The van der Waals surface area contributed by atoms with Crippen LogP contribution in [0.2, 0.25) is 0 Å². The topological polar surface area (TPSA) is 38.5 Å². The molecular formula is C15H30N2O. The van der Waals surface area contributed by atoms with E-state index in [-0.39, 0.29) is 5.54 Å². The van der Waals surface area contributed by atoms with Crippen molar-refractivity contribution in [3.8, 4) is 0 Å². The molecule has 18 heavy (non-hydrogen) atoms. The van der Waals surface area contributed by atoms with Crippen LogP contribution in [0.15, 0.2) is 0 Å². The van der Waals surface area contributed by atoms with Gasteiger partial charge in [0.25, 0.3) is 0 Å². The zero-order valence-electron chi connectivity index (χ0n) is 12.3. The highest BCUT2D eigenvalue weighted by molar-refractivity contribution is 4.99. The minimum atomic E-state index is 0.219. The molecule has 2 saturated heterocycles. The molecule has 0 aliphatic carbocycles. The van der Waals surface area contributed by atoms with E-state index in [9.17, 15) is 0 Å².